The summed E-state index contributed by atoms with van der Waals surface area (Å²) in [7, 11) is 0. The molecule has 0 bridgehead atoms. The van der Waals surface area contributed by atoms with Crippen molar-refractivity contribution in [2.75, 3.05) is 0 Å². The normalized spacial score (nSPS) is 25.6. The van der Waals surface area contributed by atoms with Crippen LogP contribution < -0.4 is 5.73 Å². The van der Waals surface area contributed by atoms with Gasteiger partial charge in [-0.3, -0.25) is 0 Å². The molecule has 1 aromatic rings. The molecule has 3 atom stereocenters. The molecule has 21 heavy (non-hydrogen) atoms. The number of benzene rings is 1. The van der Waals surface area contributed by atoms with Crippen molar-refractivity contribution in [1.29, 1.82) is 21.0 Å². The summed E-state index contributed by atoms with van der Waals surface area (Å²) in [5.41, 5.74) is 4.71. The molecule has 1 saturated carbocycles. The minimum absolute atomic E-state index is 0.147. The number of nitrogens with zero attached hydrogens (tertiary/aromatic N) is 4. The van der Waals surface area contributed by atoms with Gasteiger partial charge in [0, 0.05) is 10.9 Å². The van der Waals surface area contributed by atoms with Gasteiger partial charge in [0.1, 0.15) is 23.1 Å². The molecule has 1 aliphatic rings. The van der Waals surface area contributed by atoms with Gasteiger partial charge in [0.2, 0.25) is 0 Å². The lowest BCUT2D eigenvalue weighted by Gasteiger charge is -2.09. The first-order valence-electron chi connectivity index (χ1n) is 5.93. The Morgan fingerprint density at radius 3 is 2.33 bits per heavy atom. The molecule has 0 saturated heterocycles. The second kappa shape index (κ2) is 5.18. The quantitative estimate of drug-likeness (QED) is 0.839. The lowest BCUT2D eigenvalue weighted by Crippen LogP contribution is -2.17. The number of hydrogen-bond acceptors (Lipinski definition) is 5. The summed E-state index contributed by atoms with van der Waals surface area (Å²) < 4.78 is 0. The predicted octanol–water partition coefficient (Wildman–Crippen LogP) is 2.35. The molecule has 1 aliphatic carbocycles. The third kappa shape index (κ3) is 1.98. The Bertz CT molecular complexity index is 783. The lowest BCUT2D eigenvalue weighted by molar-refractivity contribution is 0.719. The Kier molecular flexibility index (Phi) is 3.56. The van der Waals surface area contributed by atoms with E-state index >= 15 is 0 Å². The highest BCUT2D eigenvalue weighted by atomic mass is 35.5. The monoisotopic (exact) mass is 293 g/mol. The SMILES string of the molecule is N#CC(C#N)=C(N)C1(C#N)C(C#N)C1c1cccc(Cl)c1. The number of nitriles is 4. The van der Waals surface area contributed by atoms with Crippen molar-refractivity contribution in [1.82, 2.24) is 0 Å². The van der Waals surface area contributed by atoms with Gasteiger partial charge in [-0.2, -0.15) is 21.0 Å². The van der Waals surface area contributed by atoms with Crippen molar-refractivity contribution in [2.24, 2.45) is 17.1 Å². The third-order valence-electron chi connectivity index (χ3n) is 3.68. The molecule has 100 valence electrons. The van der Waals surface area contributed by atoms with Crippen molar-refractivity contribution >= 4 is 11.6 Å². The van der Waals surface area contributed by atoms with Crippen molar-refractivity contribution in [2.45, 2.75) is 5.92 Å². The van der Waals surface area contributed by atoms with Crippen LogP contribution in [0, 0.1) is 56.7 Å². The van der Waals surface area contributed by atoms with Crippen LogP contribution in [-0.2, 0) is 0 Å². The smallest absolute Gasteiger partial charge is 0.150 e. The van der Waals surface area contributed by atoms with E-state index in [4.69, 9.17) is 27.9 Å². The van der Waals surface area contributed by atoms with Crippen LogP contribution in [-0.4, -0.2) is 0 Å². The van der Waals surface area contributed by atoms with Crippen LogP contribution in [0.25, 0.3) is 0 Å². The highest BCUT2D eigenvalue weighted by Gasteiger charge is 2.69. The second-order valence-electron chi connectivity index (χ2n) is 4.63. The number of halogens is 1. The number of hydrogen-bond donors (Lipinski definition) is 1. The Morgan fingerprint density at radius 1 is 1.19 bits per heavy atom. The highest BCUT2D eigenvalue weighted by Crippen LogP contribution is 2.67. The maximum atomic E-state index is 9.50. The third-order valence-corrected chi connectivity index (χ3v) is 3.91. The Hall–Kier alpha value is -2.99. The fourth-order valence-corrected chi connectivity index (χ4v) is 2.81. The minimum Gasteiger partial charge on any atom is -0.399 e. The topological polar surface area (TPSA) is 121 Å². The molecule has 1 aromatic carbocycles. The van der Waals surface area contributed by atoms with Crippen LogP contribution in [0.4, 0.5) is 0 Å². The van der Waals surface area contributed by atoms with Gasteiger partial charge in [0.25, 0.3) is 0 Å². The Morgan fingerprint density at radius 2 is 1.86 bits per heavy atom. The van der Waals surface area contributed by atoms with E-state index in [9.17, 15) is 10.5 Å². The summed E-state index contributed by atoms with van der Waals surface area (Å²) >= 11 is 5.93. The molecule has 2 N–H and O–H groups in total. The van der Waals surface area contributed by atoms with Gasteiger partial charge in [0.15, 0.2) is 0 Å². The van der Waals surface area contributed by atoms with E-state index in [2.05, 4.69) is 0 Å². The molecule has 6 heteroatoms. The van der Waals surface area contributed by atoms with Gasteiger partial charge < -0.3 is 5.73 Å². The molecular formula is C15H8ClN5. The van der Waals surface area contributed by atoms with E-state index < -0.39 is 17.3 Å². The number of nitrogens with two attached hydrogens (primary N) is 1. The molecule has 0 radical (unpaired) electrons. The first-order valence-corrected chi connectivity index (χ1v) is 6.31. The summed E-state index contributed by atoms with van der Waals surface area (Å²) in [4.78, 5) is 0. The van der Waals surface area contributed by atoms with Crippen LogP contribution in [0.15, 0.2) is 35.5 Å². The fourth-order valence-electron chi connectivity index (χ4n) is 2.61. The molecule has 0 aromatic heterocycles. The van der Waals surface area contributed by atoms with Crippen LogP contribution in [0.1, 0.15) is 11.5 Å². The largest absolute Gasteiger partial charge is 0.399 e. The zero-order valence-electron chi connectivity index (χ0n) is 10.7. The molecule has 2 rings (SSSR count). The number of rotatable bonds is 2. The van der Waals surface area contributed by atoms with Crippen molar-refractivity contribution in [3.05, 3.63) is 46.1 Å². The van der Waals surface area contributed by atoms with Crippen LogP contribution in [0.3, 0.4) is 0 Å². The number of allylic oxidation sites excluding steroid dienone is 2. The van der Waals surface area contributed by atoms with E-state index in [0.29, 0.717) is 10.6 Å². The Balaban J connectivity index is 2.60. The molecule has 1 fully saturated rings. The summed E-state index contributed by atoms with van der Waals surface area (Å²) in [6.07, 6.45) is 0. The van der Waals surface area contributed by atoms with Crippen molar-refractivity contribution < 1.29 is 0 Å². The van der Waals surface area contributed by atoms with Crippen LogP contribution >= 0.6 is 11.6 Å². The molecular weight excluding hydrogens is 286 g/mol. The molecule has 0 heterocycles. The molecule has 0 spiro atoms. The average Bonchev–Trinajstić information content (AvgIpc) is 3.17. The maximum Gasteiger partial charge on any atom is 0.150 e. The summed E-state index contributed by atoms with van der Waals surface area (Å²) in [6.45, 7) is 0. The van der Waals surface area contributed by atoms with E-state index in [1.165, 1.54) is 0 Å². The summed E-state index contributed by atoms with van der Waals surface area (Å²) in [5, 5.41) is 37.1. The average molecular weight is 294 g/mol. The van der Waals surface area contributed by atoms with E-state index in [1.54, 1.807) is 36.4 Å². The zero-order chi connectivity index (χ0) is 15.6. The molecule has 3 unspecified atom stereocenters. The highest BCUT2D eigenvalue weighted by molar-refractivity contribution is 6.30. The van der Waals surface area contributed by atoms with Gasteiger partial charge in [-0.25, -0.2) is 0 Å². The molecule has 0 amide bonds. The van der Waals surface area contributed by atoms with Gasteiger partial charge in [-0.05, 0) is 17.7 Å². The van der Waals surface area contributed by atoms with Crippen molar-refractivity contribution in [3.63, 3.8) is 0 Å². The second-order valence-corrected chi connectivity index (χ2v) is 5.07. The van der Waals surface area contributed by atoms with E-state index in [-0.39, 0.29) is 11.3 Å². The maximum absolute atomic E-state index is 9.50. The van der Waals surface area contributed by atoms with Gasteiger partial charge in [0.05, 0.1) is 23.8 Å². The molecule has 0 aliphatic heterocycles. The first kappa shape index (κ1) is 14.4. The van der Waals surface area contributed by atoms with E-state index in [1.807, 2.05) is 12.1 Å². The van der Waals surface area contributed by atoms with Gasteiger partial charge in [-0.1, -0.05) is 23.7 Å². The minimum atomic E-state index is -1.35. The van der Waals surface area contributed by atoms with Crippen molar-refractivity contribution in [3.8, 4) is 24.3 Å². The van der Waals surface area contributed by atoms with Gasteiger partial charge in [-0.15, -0.1) is 0 Å². The van der Waals surface area contributed by atoms with E-state index in [0.717, 1.165) is 0 Å². The Labute approximate surface area is 126 Å². The standard InChI is InChI=1S/C15H8ClN5/c16-11-3-1-2-9(4-11)13-12(7-19)15(13,8-20)14(21)10(5-17)6-18/h1-4,12-13H,21H2. The molecule has 5 nitrogen and oxygen atoms in total. The zero-order valence-corrected chi connectivity index (χ0v) is 11.5. The van der Waals surface area contributed by atoms with Crippen LogP contribution in [0.2, 0.25) is 5.02 Å². The lowest BCUT2D eigenvalue weighted by atomic mass is 9.94. The summed E-state index contributed by atoms with van der Waals surface area (Å²) in [5.74, 6) is -1.21. The predicted molar refractivity (Wildman–Crippen MR) is 73.8 cm³/mol. The first-order chi connectivity index (χ1) is 10.1. The summed E-state index contributed by atoms with van der Waals surface area (Å²) in [6, 6.07) is 14.2. The van der Waals surface area contributed by atoms with Gasteiger partial charge >= 0.3 is 0 Å². The fraction of sp³-hybridized carbons (Fsp3) is 0.200. The van der Waals surface area contributed by atoms with Crippen LogP contribution in [0.5, 0.6) is 0 Å².